The molecule has 0 atom stereocenters. The van der Waals surface area contributed by atoms with Gasteiger partial charge in [0.15, 0.2) is 0 Å². The second-order valence-electron chi connectivity index (χ2n) is 4.50. The maximum Gasteiger partial charge on any atom is 0.0443 e. The highest BCUT2D eigenvalue weighted by molar-refractivity contribution is 5.82. The lowest BCUT2D eigenvalue weighted by molar-refractivity contribution is 0.244. The molecule has 0 amide bonds. The van der Waals surface area contributed by atoms with E-state index >= 15 is 0 Å². The summed E-state index contributed by atoms with van der Waals surface area (Å²) in [6, 6.07) is 15.0. The Kier molecular flexibility index (Phi) is 4.13. The molecule has 0 spiro atoms. The van der Waals surface area contributed by atoms with Crippen molar-refractivity contribution in [1.82, 2.24) is 4.90 Å². The molecule has 0 heterocycles. The van der Waals surface area contributed by atoms with Crippen molar-refractivity contribution in [3.05, 3.63) is 48.0 Å². The minimum absolute atomic E-state index is 0.266. The van der Waals surface area contributed by atoms with Crippen LogP contribution < -0.4 is 0 Å². The van der Waals surface area contributed by atoms with Crippen LogP contribution in [0.5, 0.6) is 0 Å². The second-order valence-corrected chi connectivity index (χ2v) is 4.50. The molecule has 0 radical (unpaired) electrons. The predicted octanol–water partition coefficient (Wildman–Crippen LogP) is 2.65. The number of aliphatic hydroxyl groups is 1. The Morgan fingerprint density at radius 3 is 2.59 bits per heavy atom. The highest BCUT2D eigenvalue weighted by atomic mass is 16.3. The molecule has 2 rings (SSSR count). The van der Waals surface area contributed by atoms with Crippen molar-refractivity contribution in [3.63, 3.8) is 0 Å². The van der Waals surface area contributed by atoms with Gasteiger partial charge in [-0.3, -0.25) is 0 Å². The molecular formula is C15H19NO. The van der Waals surface area contributed by atoms with Crippen molar-refractivity contribution in [3.8, 4) is 0 Å². The Balaban J connectivity index is 2.08. The van der Waals surface area contributed by atoms with Gasteiger partial charge in [-0.2, -0.15) is 0 Å². The van der Waals surface area contributed by atoms with Gasteiger partial charge in [-0.1, -0.05) is 36.4 Å². The Morgan fingerprint density at radius 1 is 1.06 bits per heavy atom. The van der Waals surface area contributed by atoms with Gasteiger partial charge in [0.25, 0.3) is 0 Å². The fourth-order valence-corrected chi connectivity index (χ4v) is 2.07. The van der Waals surface area contributed by atoms with Crippen LogP contribution in [0.2, 0.25) is 0 Å². The molecule has 0 fully saturated rings. The van der Waals surface area contributed by atoms with Crippen LogP contribution in [0.3, 0.4) is 0 Å². The molecule has 0 unspecified atom stereocenters. The minimum Gasteiger partial charge on any atom is -0.396 e. The third-order valence-electron chi connectivity index (χ3n) is 2.96. The fourth-order valence-electron chi connectivity index (χ4n) is 2.07. The predicted molar refractivity (Wildman–Crippen MR) is 72.0 cm³/mol. The second kappa shape index (κ2) is 5.80. The van der Waals surface area contributed by atoms with Crippen LogP contribution in [0.4, 0.5) is 0 Å². The standard InChI is InChI=1S/C15H19NO/c1-16(9-4-10-17)12-13-7-8-14-5-2-3-6-15(14)11-13/h2-3,5-8,11,17H,4,9-10,12H2,1H3. The molecular weight excluding hydrogens is 210 g/mol. The Morgan fingerprint density at radius 2 is 1.82 bits per heavy atom. The van der Waals surface area contributed by atoms with Gasteiger partial charge in [-0.25, -0.2) is 0 Å². The third kappa shape index (κ3) is 3.29. The maximum atomic E-state index is 8.80. The lowest BCUT2D eigenvalue weighted by Crippen LogP contribution is -2.19. The number of rotatable bonds is 5. The lowest BCUT2D eigenvalue weighted by atomic mass is 10.1. The first-order chi connectivity index (χ1) is 8.29. The van der Waals surface area contributed by atoms with Crippen molar-refractivity contribution in [2.24, 2.45) is 0 Å². The number of hydrogen-bond acceptors (Lipinski definition) is 2. The van der Waals surface area contributed by atoms with Crippen LogP contribution in [-0.2, 0) is 6.54 Å². The summed E-state index contributed by atoms with van der Waals surface area (Å²) in [7, 11) is 2.09. The summed E-state index contributed by atoms with van der Waals surface area (Å²) < 4.78 is 0. The fraction of sp³-hybridized carbons (Fsp3) is 0.333. The van der Waals surface area contributed by atoms with E-state index in [1.165, 1.54) is 16.3 Å². The molecule has 2 aromatic rings. The maximum absolute atomic E-state index is 8.80. The molecule has 0 saturated heterocycles. The normalized spacial score (nSPS) is 11.2. The van der Waals surface area contributed by atoms with Gasteiger partial charge in [0.1, 0.15) is 0 Å². The van der Waals surface area contributed by atoms with Crippen LogP contribution in [0.25, 0.3) is 10.8 Å². The first-order valence-corrected chi connectivity index (χ1v) is 6.06. The topological polar surface area (TPSA) is 23.5 Å². The van der Waals surface area contributed by atoms with Crippen molar-refractivity contribution in [2.45, 2.75) is 13.0 Å². The van der Waals surface area contributed by atoms with Crippen LogP contribution in [0.15, 0.2) is 42.5 Å². The van der Waals surface area contributed by atoms with E-state index in [2.05, 4.69) is 54.4 Å². The van der Waals surface area contributed by atoms with Crippen molar-refractivity contribution in [2.75, 3.05) is 20.2 Å². The largest absolute Gasteiger partial charge is 0.396 e. The van der Waals surface area contributed by atoms with Gasteiger partial charge in [0.2, 0.25) is 0 Å². The van der Waals surface area contributed by atoms with E-state index in [4.69, 9.17) is 5.11 Å². The van der Waals surface area contributed by atoms with Gasteiger partial charge >= 0.3 is 0 Å². The summed E-state index contributed by atoms with van der Waals surface area (Å²) in [4.78, 5) is 2.24. The van der Waals surface area contributed by atoms with Gasteiger partial charge in [0, 0.05) is 19.7 Å². The van der Waals surface area contributed by atoms with E-state index in [1.807, 2.05) is 0 Å². The van der Waals surface area contributed by atoms with Crippen LogP contribution in [-0.4, -0.2) is 30.2 Å². The highest BCUT2D eigenvalue weighted by Gasteiger charge is 2.01. The molecule has 2 aromatic carbocycles. The quantitative estimate of drug-likeness (QED) is 0.852. The zero-order valence-electron chi connectivity index (χ0n) is 10.3. The first-order valence-electron chi connectivity index (χ1n) is 6.06. The zero-order valence-corrected chi connectivity index (χ0v) is 10.3. The Hall–Kier alpha value is -1.38. The zero-order chi connectivity index (χ0) is 12.1. The van der Waals surface area contributed by atoms with Crippen LogP contribution in [0.1, 0.15) is 12.0 Å². The van der Waals surface area contributed by atoms with E-state index in [-0.39, 0.29) is 6.61 Å². The minimum atomic E-state index is 0.266. The number of nitrogens with zero attached hydrogens (tertiary/aromatic N) is 1. The van der Waals surface area contributed by atoms with E-state index in [0.29, 0.717) is 0 Å². The van der Waals surface area contributed by atoms with E-state index in [0.717, 1.165) is 19.5 Å². The first kappa shape index (κ1) is 12.1. The summed E-state index contributed by atoms with van der Waals surface area (Å²) in [5.74, 6) is 0. The highest BCUT2D eigenvalue weighted by Crippen LogP contribution is 2.16. The molecule has 2 heteroatoms. The molecule has 0 saturated carbocycles. The molecule has 0 bridgehead atoms. The van der Waals surface area contributed by atoms with Crippen LogP contribution >= 0.6 is 0 Å². The molecule has 0 aliphatic heterocycles. The summed E-state index contributed by atoms with van der Waals surface area (Å²) in [5.41, 5.74) is 1.32. The lowest BCUT2D eigenvalue weighted by Gasteiger charge is -2.16. The SMILES string of the molecule is CN(CCCO)Cc1ccc2ccccc2c1. The summed E-state index contributed by atoms with van der Waals surface area (Å²) in [6.07, 6.45) is 0.837. The number of benzene rings is 2. The molecule has 17 heavy (non-hydrogen) atoms. The van der Waals surface area contributed by atoms with Crippen molar-refractivity contribution >= 4 is 10.8 Å². The number of aliphatic hydroxyl groups excluding tert-OH is 1. The van der Waals surface area contributed by atoms with Gasteiger partial charge in [-0.15, -0.1) is 0 Å². The average molecular weight is 229 g/mol. The summed E-state index contributed by atoms with van der Waals surface area (Å²) in [5, 5.41) is 11.4. The van der Waals surface area contributed by atoms with Crippen molar-refractivity contribution in [1.29, 1.82) is 0 Å². The average Bonchev–Trinajstić information content (AvgIpc) is 2.36. The molecule has 2 nitrogen and oxygen atoms in total. The van der Waals surface area contributed by atoms with Crippen LogP contribution in [0, 0.1) is 0 Å². The van der Waals surface area contributed by atoms with Gasteiger partial charge < -0.3 is 10.0 Å². The Labute approximate surface area is 102 Å². The Bertz CT molecular complexity index is 481. The molecule has 1 N–H and O–H groups in total. The number of fused-ring (bicyclic) bond motifs is 1. The molecule has 0 aromatic heterocycles. The number of hydrogen-bond donors (Lipinski definition) is 1. The van der Waals surface area contributed by atoms with E-state index in [1.54, 1.807) is 0 Å². The summed E-state index contributed by atoms with van der Waals surface area (Å²) >= 11 is 0. The van der Waals surface area contributed by atoms with Gasteiger partial charge in [0.05, 0.1) is 0 Å². The van der Waals surface area contributed by atoms with E-state index < -0.39 is 0 Å². The third-order valence-corrected chi connectivity index (χ3v) is 2.96. The molecule has 0 aliphatic rings. The smallest absolute Gasteiger partial charge is 0.0443 e. The summed E-state index contributed by atoms with van der Waals surface area (Å²) in [6.45, 7) is 2.14. The molecule has 90 valence electrons. The molecule has 0 aliphatic carbocycles. The van der Waals surface area contributed by atoms with Crippen molar-refractivity contribution < 1.29 is 5.11 Å². The monoisotopic (exact) mass is 229 g/mol. The van der Waals surface area contributed by atoms with Gasteiger partial charge in [-0.05, 0) is 35.9 Å². The van der Waals surface area contributed by atoms with E-state index in [9.17, 15) is 0 Å².